The number of halogens is 1. The highest BCUT2D eigenvalue weighted by Gasteiger charge is 2.19. The van der Waals surface area contributed by atoms with Crippen LogP contribution >= 0.6 is 11.6 Å². The van der Waals surface area contributed by atoms with Crippen molar-refractivity contribution in [3.63, 3.8) is 0 Å². The van der Waals surface area contributed by atoms with Gasteiger partial charge in [0.2, 0.25) is 6.79 Å². The molecule has 0 aliphatic carbocycles. The second kappa shape index (κ2) is 5.38. The number of aryl methyl sites for hydroxylation is 1. The number of hydrogen-bond acceptors (Lipinski definition) is 5. The van der Waals surface area contributed by atoms with Crippen LogP contribution in [0.25, 0.3) is 11.2 Å². The minimum atomic E-state index is -1.08. The van der Waals surface area contributed by atoms with E-state index in [1.54, 1.807) is 12.1 Å². The van der Waals surface area contributed by atoms with Crippen molar-refractivity contribution in [3.05, 3.63) is 46.4 Å². The third kappa shape index (κ3) is 2.33. The second-order valence-corrected chi connectivity index (χ2v) is 5.79. The largest absolute Gasteiger partial charge is 0.477 e. The summed E-state index contributed by atoms with van der Waals surface area (Å²) in [6, 6.07) is 6.62. The van der Waals surface area contributed by atoms with Gasteiger partial charge in [-0.05, 0) is 30.7 Å². The van der Waals surface area contributed by atoms with E-state index in [0.29, 0.717) is 40.1 Å². The number of hydrogen-bond donors (Lipinski definition) is 1. The van der Waals surface area contributed by atoms with E-state index in [1.165, 1.54) is 6.07 Å². The van der Waals surface area contributed by atoms with E-state index in [-0.39, 0.29) is 12.5 Å². The van der Waals surface area contributed by atoms with Crippen LogP contribution in [0.3, 0.4) is 0 Å². The predicted octanol–water partition coefficient (Wildman–Crippen LogP) is 2.87. The summed E-state index contributed by atoms with van der Waals surface area (Å²) in [6.07, 6.45) is 0. The number of benzene rings is 1. The summed E-state index contributed by atoms with van der Waals surface area (Å²) in [5, 5.41) is 9.67. The molecule has 1 aromatic carbocycles. The zero-order chi connectivity index (χ0) is 16.8. The van der Waals surface area contributed by atoms with Crippen molar-refractivity contribution in [2.75, 3.05) is 6.79 Å². The van der Waals surface area contributed by atoms with Crippen LogP contribution in [0.5, 0.6) is 11.5 Å². The highest BCUT2D eigenvalue weighted by molar-refractivity contribution is 6.31. The van der Waals surface area contributed by atoms with Crippen molar-refractivity contribution in [3.8, 4) is 11.5 Å². The summed E-state index contributed by atoms with van der Waals surface area (Å²) in [6.45, 7) is 2.41. The third-order valence-electron chi connectivity index (χ3n) is 3.87. The number of ether oxygens (including phenoxy) is 2. The molecule has 1 aliphatic heterocycles. The van der Waals surface area contributed by atoms with Gasteiger partial charge in [-0.25, -0.2) is 14.8 Å². The van der Waals surface area contributed by atoms with Crippen molar-refractivity contribution in [1.82, 2.24) is 14.5 Å². The molecule has 122 valence electrons. The summed E-state index contributed by atoms with van der Waals surface area (Å²) in [5.41, 5.74) is 1.92. The molecule has 3 heterocycles. The fourth-order valence-corrected chi connectivity index (χ4v) is 2.89. The monoisotopic (exact) mass is 345 g/mol. The lowest BCUT2D eigenvalue weighted by Crippen LogP contribution is -2.06. The molecular weight excluding hydrogens is 334 g/mol. The summed E-state index contributed by atoms with van der Waals surface area (Å²) in [7, 11) is 0. The van der Waals surface area contributed by atoms with E-state index < -0.39 is 5.97 Å². The Balaban J connectivity index is 1.81. The molecule has 7 nitrogen and oxygen atoms in total. The molecule has 24 heavy (non-hydrogen) atoms. The van der Waals surface area contributed by atoms with Gasteiger partial charge in [-0.3, -0.25) is 0 Å². The minimum absolute atomic E-state index is 0.0274. The normalized spacial score (nSPS) is 12.8. The average molecular weight is 346 g/mol. The second-order valence-electron chi connectivity index (χ2n) is 5.39. The van der Waals surface area contributed by atoms with E-state index in [9.17, 15) is 4.79 Å². The molecular formula is C16H12ClN3O4. The number of fused-ring (bicyclic) bond motifs is 2. The highest BCUT2D eigenvalue weighted by Crippen LogP contribution is 2.37. The van der Waals surface area contributed by atoms with Gasteiger partial charge in [0.1, 0.15) is 11.3 Å². The number of aromatic nitrogens is 3. The predicted molar refractivity (Wildman–Crippen MR) is 85.9 cm³/mol. The van der Waals surface area contributed by atoms with Gasteiger partial charge >= 0.3 is 5.97 Å². The van der Waals surface area contributed by atoms with Crippen molar-refractivity contribution < 1.29 is 19.4 Å². The first-order chi connectivity index (χ1) is 11.5. The third-order valence-corrected chi connectivity index (χ3v) is 4.22. The lowest BCUT2D eigenvalue weighted by Gasteiger charge is -2.09. The number of carboxylic acid groups (broad SMARTS) is 1. The van der Waals surface area contributed by atoms with Gasteiger partial charge in [0.15, 0.2) is 22.8 Å². The van der Waals surface area contributed by atoms with Crippen molar-refractivity contribution in [2.45, 2.75) is 13.5 Å². The van der Waals surface area contributed by atoms with Crippen LogP contribution in [-0.4, -0.2) is 32.4 Å². The van der Waals surface area contributed by atoms with E-state index in [1.807, 2.05) is 17.6 Å². The molecule has 0 fully saturated rings. The SMILES string of the molecule is Cc1nc2ccc(C(=O)O)nc2n1Cc1cc2c(cc1Cl)OCO2. The lowest BCUT2D eigenvalue weighted by molar-refractivity contribution is 0.0691. The molecule has 0 unspecified atom stereocenters. The Bertz CT molecular complexity index is 983. The maximum atomic E-state index is 11.2. The van der Waals surface area contributed by atoms with Gasteiger partial charge in [-0.2, -0.15) is 0 Å². The number of pyridine rings is 1. The molecule has 0 atom stereocenters. The molecule has 3 aromatic rings. The smallest absolute Gasteiger partial charge is 0.354 e. The van der Waals surface area contributed by atoms with Gasteiger partial charge in [0, 0.05) is 11.1 Å². The minimum Gasteiger partial charge on any atom is -0.477 e. The van der Waals surface area contributed by atoms with Crippen LogP contribution in [0.1, 0.15) is 21.9 Å². The van der Waals surface area contributed by atoms with E-state index in [4.69, 9.17) is 26.2 Å². The maximum absolute atomic E-state index is 11.2. The Hall–Kier alpha value is -2.80. The van der Waals surface area contributed by atoms with Gasteiger partial charge < -0.3 is 19.1 Å². The summed E-state index contributed by atoms with van der Waals surface area (Å²) in [4.78, 5) is 19.8. The van der Waals surface area contributed by atoms with Gasteiger partial charge in [0.05, 0.1) is 6.54 Å². The zero-order valence-electron chi connectivity index (χ0n) is 12.6. The van der Waals surface area contributed by atoms with E-state index >= 15 is 0 Å². The maximum Gasteiger partial charge on any atom is 0.354 e. The summed E-state index contributed by atoms with van der Waals surface area (Å²) in [5.74, 6) is 0.884. The molecule has 8 heteroatoms. The molecule has 1 aliphatic rings. The number of carbonyl (C=O) groups is 1. The summed E-state index contributed by atoms with van der Waals surface area (Å²) < 4.78 is 12.5. The zero-order valence-corrected chi connectivity index (χ0v) is 13.4. The van der Waals surface area contributed by atoms with Gasteiger partial charge in [0.25, 0.3) is 0 Å². The molecule has 0 bridgehead atoms. The Morgan fingerprint density at radius 3 is 2.79 bits per heavy atom. The van der Waals surface area contributed by atoms with Crippen molar-refractivity contribution in [2.24, 2.45) is 0 Å². The van der Waals surface area contributed by atoms with Crippen LogP contribution in [-0.2, 0) is 6.54 Å². The van der Waals surface area contributed by atoms with Crippen LogP contribution in [0, 0.1) is 6.92 Å². The first-order valence-corrected chi connectivity index (χ1v) is 7.56. The fourth-order valence-electron chi connectivity index (χ4n) is 2.67. The Morgan fingerprint density at radius 1 is 1.29 bits per heavy atom. The Labute approximate surface area is 141 Å². The quantitative estimate of drug-likeness (QED) is 0.785. The first-order valence-electron chi connectivity index (χ1n) is 7.18. The highest BCUT2D eigenvalue weighted by atomic mass is 35.5. The molecule has 0 spiro atoms. The van der Waals surface area contributed by atoms with Crippen molar-refractivity contribution >= 4 is 28.7 Å². The molecule has 4 rings (SSSR count). The first kappa shape index (κ1) is 14.8. The van der Waals surface area contributed by atoms with Crippen LogP contribution < -0.4 is 9.47 Å². The number of carboxylic acids is 1. The number of imidazole rings is 1. The fraction of sp³-hybridized carbons (Fsp3) is 0.188. The molecule has 0 saturated carbocycles. The topological polar surface area (TPSA) is 86.5 Å². The molecule has 0 radical (unpaired) electrons. The van der Waals surface area contributed by atoms with Gasteiger partial charge in [-0.15, -0.1) is 0 Å². The Kier molecular flexibility index (Phi) is 3.31. The van der Waals surface area contributed by atoms with Crippen LogP contribution in [0.15, 0.2) is 24.3 Å². The van der Waals surface area contributed by atoms with E-state index in [0.717, 1.165) is 5.56 Å². The average Bonchev–Trinajstić information content (AvgIpc) is 3.11. The standard InChI is InChI=1S/C16H12ClN3O4/c1-8-18-11-2-3-12(16(21)22)19-15(11)20(8)6-9-4-13-14(5-10(9)17)24-7-23-13/h2-5H,6-7H2,1H3,(H,21,22). The molecule has 0 saturated heterocycles. The van der Waals surface area contributed by atoms with Gasteiger partial charge in [-0.1, -0.05) is 11.6 Å². The molecule has 1 N–H and O–H groups in total. The lowest BCUT2D eigenvalue weighted by atomic mass is 10.2. The Morgan fingerprint density at radius 2 is 2.04 bits per heavy atom. The van der Waals surface area contributed by atoms with E-state index in [2.05, 4.69) is 9.97 Å². The van der Waals surface area contributed by atoms with Crippen molar-refractivity contribution in [1.29, 1.82) is 0 Å². The number of rotatable bonds is 3. The van der Waals surface area contributed by atoms with Crippen LogP contribution in [0.4, 0.5) is 0 Å². The number of aromatic carboxylic acids is 1. The number of nitrogens with zero attached hydrogens (tertiary/aromatic N) is 3. The molecule has 0 amide bonds. The van der Waals surface area contributed by atoms with Crippen LogP contribution in [0.2, 0.25) is 5.02 Å². The molecule has 2 aromatic heterocycles. The summed E-state index contributed by atoms with van der Waals surface area (Å²) >= 11 is 6.33.